The maximum Gasteiger partial charge on any atom is 0.242 e. The van der Waals surface area contributed by atoms with E-state index in [1.54, 1.807) is 19.1 Å². The number of aldehydes is 1. The second-order valence-corrected chi connectivity index (χ2v) is 20.7. The normalized spacial score (nSPS) is 30.3. The third-order valence-electron chi connectivity index (χ3n) is 15.6. The molecule has 4 bridgehead atoms. The monoisotopic (exact) mass is 1070 g/mol. The molecule has 0 saturated carbocycles. The highest BCUT2D eigenvalue weighted by Crippen LogP contribution is 2.54. The van der Waals surface area contributed by atoms with Crippen LogP contribution in [-0.4, -0.2) is 168 Å². The number of ketones is 2. The first kappa shape index (κ1) is 54.5. The van der Waals surface area contributed by atoms with Crippen LogP contribution in [0.1, 0.15) is 93.5 Å². The van der Waals surface area contributed by atoms with Crippen molar-refractivity contribution < 1.29 is 73.5 Å². The number of allylic oxidation sites excluding steroid dienone is 1. The first-order valence-corrected chi connectivity index (χ1v) is 26.3. The first-order valence-electron chi connectivity index (χ1n) is 26.3. The Morgan fingerprint density at radius 2 is 1.83 bits per heavy atom. The second-order valence-electron chi connectivity index (χ2n) is 20.7. The second kappa shape index (κ2) is 23.6. The molecule has 6 heterocycles. The molecule has 0 radical (unpaired) electrons. The number of rotatable bonds is 18. The lowest BCUT2D eigenvalue weighted by Crippen LogP contribution is -2.70. The van der Waals surface area contributed by atoms with Crippen molar-refractivity contribution in [3.05, 3.63) is 111 Å². The molecule has 6 aliphatic heterocycles. The summed E-state index contributed by atoms with van der Waals surface area (Å²) in [5, 5.41) is 78.7. The van der Waals surface area contributed by atoms with Gasteiger partial charge in [0.2, 0.25) is 12.2 Å². The summed E-state index contributed by atoms with van der Waals surface area (Å²) in [5.74, 6) is -3.09. The topological polar surface area (TPSA) is 337 Å². The lowest BCUT2D eigenvalue weighted by molar-refractivity contribution is -0.300. The van der Waals surface area contributed by atoms with Crippen molar-refractivity contribution in [3.8, 4) is 11.5 Å². The number of aliphatic hydroxyl groups excluding tert-OH is 6. The van der Waals surface area contributed by atoms with Crippen LogP contribution in [-0.2, 0) is 30.4 Å². The van der Waals surface area contributed by atoms with Crippen molar-refractivity contribution >= 4 is 29.4 Å². The molecule has 14 atom stereocenters. The molecule has 77 heavy (non-hydrogen) atoms. The number of fused-ring (bicyclic) bond motifs is 10. The summed E-state index contributed by atoms with van der Waals surface area (Å²) in [6.45, 7) is 1.38. The zero-order valence-corrected chi connectivity index (χ0v) is 42.5. The third kappa shape index (κ3) is 11.0. The Bertz CT molecular complexity index is 2760. The van der Waals surface area contributed by atoms with Crippen LogP contribution in [0.25, 0.3) is 0 Å². The number of nitrogens with one attached hydrogen (secondary N) is 6. The van der Waals surface area contributed by atoms with Crippen LogP contribution in [0, 0.1) is 11.8 Å². The number of aliphatic hydroxyl groups is 6. The molecule has 7 aliphatic rings. The molecule has 0 spiro atoms. The van der Waals surface area contributed by atoms with E-state index in [4.69, 9.17) is 29.4 Å². The third-order valence-corrected chi connectivity index (χ3v) is 15.6. The van der Waals surface area contributed by atoms with Gasteiger partial charge in [0.15, 0.2) is 23.1 Å². The Morgan fingerprint density at radius 1 is 1.00 bits per heavy atom. The smallest absolute Gasteiger partial charge is 0.242 e. The molecule has 0 aromatic heterocycles. The molecule has 3 aromatic carbocycles. The van der Waals surface area contributed by atoms with Gasteiger partial charge >= 0.3 is 0 Å². The van der Waals surface area contributed by atoms with Crippen LogP contribution in [0.5, 0.6) is 11.5 Å². The van der Waals surface area contributed by atoms with E-state index >= 15 is 9.59 Å². The number of dihydropyridines is 1. The van der Waals surface area contributed by atoms with Crippen LogP contribution >= 0.6 is 0 Å². The summed E-state index contributed by atoms with van der Waals surface area (Å²) in [7, 11) is 0. The van der Waals surface area contributed by atoms with E-state index < -0.39 is 104 Å². The molecule has 23 nitrogen and oxygen atoms in total. The highest BCUT2D eigenvalue weighted by atomic mass is 16.7. The van der Waals surface area contributed by atoms with Gasteiger partial charge in [0.1, 0.15) is 61.6 Å². The van der Waals surface area contributed by atoms with E-state index in [1.165, 1.54) is 12.1 Å². The number of nitrogens with two attached hydrogens (primary N) is 1. The zero-order valence-electron chi connectivity index (χ0n) is 42.5. The lowest BCUT2D eigenvalue weighted by atomic mass is 9.70. The minimum absolute atomic E-state index is 0.00920. The van der Waals surface area contributed by atoms with Gasteiger partial charge in [-0.15, -0.1) is 0 Å². The summed E-state index contributed by atoms with van der Waals surface area (Å²) >= 11 is 0. The zero-order chi connectivity index (χ0) is 54.1. The first-order chi connectivity index (χ1) is 37.3. The van der Waals surface area contributed by atoms with E-state index in [0.29, 0.717) is 67.7 Å². The van der Waals surface area contributed by atoms with E-state index in [1.807, 2.05) is 41.3 Å². The molecule has 23 heteroatoms. The number of hydrogen-bond acceptors (Lipinski definition) is 22. The molecule has 4 saturated heterocycles. The number of carbonyl (C=O) groups excluding carboxylic acids is 4. The quantitative estimate of drug-likeness (QED) is 0.0407. The number of ether oxygens (including phenoxy) is 5. The van der Waals surface area contributed by atoms with Crippen LogP contribution < -0.4 is 52.2 Å². The largest absolute Gasteiger partial charge is 0.486 e. The van der Waals surface area contributed by atoms with Gasteiger partial charge in [0.25, 0.3) is 0 Å². The number of carbonyl (C=O) groups is 4. The average Bonchev–Trinajstić information content (AvgIpc) is 3.73. The Balaban J connectivity index is 1.17. The minimum Gasteiger partial charge on any atom is -0.486 e. The number of amides is 1. The van der Waals surface area contributed by atoms with E-state index in [2.05, 4.69) is 32.1 Å². The number of nitrogens with zero attached hydrogens (tertiary/aromatic N) is 1. The Labute approximate surface area is 444 Å². The summed E-state index contributed by atoms with van der Waals surface area (Å²) in [6.07, 6.45) is -6.39. The number of hydrogen-bond donors (Lipinski definition) is 13. The number of hydrazine groups is 1. The highest BCUT2D eigenvalue weighted by Gasteiger charge is 2.53. The van der Waals surface area contributed by atoms with E-state index in [0.717, 1.165) is 5.57 Å². The highest BCUT2D eigenvalue weighted by molar-refractivity contribution is 6.29. The van der Waals surface area contributed by atoms with Crippen LogP contribution in [0.15, 0.2) is 72.1 Å². The van der Waals surface area contributed by atoms with Gasteiger partial charge in [-0.1, -0.05) is 30.3 Å². The van der Waals surface area contributed by atoms with Crippen molar-refractivity contribution in [2.75, 3.05) is 51.1 Å². The van der Waals surface area contributed by atoms with Crippen LogP contribution in [0.3, 0.4) is 0 Å². The van der Waals surface area contributed by atoms with E-state index in [9.17, 15) is 40.2 Å². The molecule has 3 aromatic rings. The number of anilines is 1. The fraction of sp³-hybridized carbons (Fsp3) is 0.519. The standard InChI is InChI=1S/C54H68N8O15/c1-26(66)21-58-61-39-19-27(10-14-56-39)13-17-73-50-46(71)45(70)48-38-9-7-29(11-15-63)36(24-74-38)40(32-4-2-3-5-37(32)62-25-57-42-51(62)59-54(55)60-52(42)72)35-20-34-41(44(69)33-18-28(22-65)6-8-31(33)43(34)68)49(47(35)76-53(50)77-48)75-23-30(67)12-16-64/h2-6,8,10,16,18-20,26,29-30,36,38,40,42,45-46,48,50-51,53-54,56-59,61,63,65-67,70-71H,7,9,11-15,17,21-25,55H2,1H3,(H,60,72)/t26-,29-,30+,36+,38+,40+,42+,45+,46+,48-,50-,51+,53-,54+/m0/s1. The molecule has 14 N–H and O–H groups in total. The molecule has 414 valence electrons. The number of para-hydroxylation sites is 1. The molecular weight excluding hydrogens is 1000 g/mol. The van der Waals surface area contributed by atoms with Gasteiger partial charge in [-0.3, -0.25) is 30.8 Å². The van der Waals surface area contributed by atoms with Gasteiger partial charge in [-0.2, -0.15) is 0 Å². The summed E-state index contributed by atoms with van der Waals surface area (Å²) in [4.78, 5) is 57.5. The average molecular weight is 1070 g/mol. The summed E-state index contributed by atoms with van der Waals surface area (Å²) in [5.41, 5.74) is 14.8. The Kier molecular flexibility index (Phi) is 16.7. The van der Waals surface area contributed by atoms with Gasteiger partial charge in [-0.05, 0) is 91.5 Å². The Hall–Kier alpha value is -5.90. The predicted octanol–water partition coefficient (Wildman–Crippen LogP) is -1.31. The minimum atomic E-state index is -1.65. The lowest BCUT2D eigenvalue weighted by Gasteiger charge is -2.44. The maximum absolute atomic E-state index is 15.2. The van der Waals surface area contributed by atoms with E-state index in [-0.39, 0.29) is 84.1 Å². The van der Waals surface area contributed by atoms with Crippen LogP contribution in [0.4, 0.5) is 5.69 Å². The van der Waals surface area contributed by atoms with Gasteiger partial charge in [0.05, 0.1) is 50.4 Å². The molecule has 1 aliphatic carbocycles. The van der Waals surface area contributed by atoms with Crippen molar-refractivity contribution in [1.29, 1.82) is 0 Å². The molecular formula is C54H68N8O15. The SMILES string of the molecule is C[C@H](O)CNNC1=CC(CCO[C@@H]2[C@H]3Oc4c(cc5c(c4OC[C@H](O)CC=O)C(=O)c4cc(CO)ccc4C5=O)[C@@H](c4ccccc4N4CN[C@H]5C(=O)N[C@H](N)N[C@@H]54)[C@@H]4CO[C@H](CC[C@H]4CCO)[C@H](O3)[C@H](O)[C@H]2O)=CCN1. The Morgan fingerprint density at radius 3 is 2.62 bits per heavy atom. The predicted molar refractivity (Wildman–Crippen MR) is 274 cm³/mol. The van der Waals surface area contributed by atoms with Crippen molar-refractivity contribution in [1.82, 2.24) is 32.1 Å². The molecule has 10 rings (SSSR count). The van der Waals surface area contributed by atoms with Crippen LogP contribution in [0.2, 0.25) is 0 Å². The fourth-order valence-electron chi connectivity index (χ4n) is 11.8. The summed E-state index contributed by atoms with van der Waals surface area (Å²) in [6, 6.07) is 12.8. The van der Waals surface area contributed by atoms with Crippen molar-refractivity contribution in [3.63, 3.8) is 0 Å². The molecule has 0 unspecified atom stereocenters. The fourth-order valence-corrected chi connectivity index (χ4v) is 11.8. The maximum atomic E-state index is 15.2. The molecule has 4 fully saturated rings. The number of benzene rings is 3. The van der Waals surface area contributed by atoms with Crippen molar-refractivity contribution in [2.45, 2.75) is 119 Å². The van der Waals surface area contributed by atoms with Crippen molar-refractivity contribution in [2.24, 2.45) is 17.6 Å². The van der Waals surface area contributed by atoms with Gasteiger partial charge in [-0.25, -0.2) is 5.43 Å². The van der Waals surface area contributed by atoms with Gasteiger partial charge < -0.3 is 80.1 Å². The van der Waals surface area contributed by atoms with Gasteiger partial charge in [0, 0.05) is 60.0 Å². The summed E-state index contributed by atoms with van der Waals surface area (Å²) < 4.78 is 33.9. The molecule has 1 amide bonds.